The van der Waals surface area contributed by atoms with Crippen molar-refractivity contribution in [2.75, 3.05) is 20.1 Å². The van der Waals surface area contributed by atoms with Crippen molar-refractivity contribution in [3.05, 3.63) is 0 Å². The molecule has 0 spiro atoms. The highest BCUT2D eigenvalue weighted by atomic mass is 15.1. The van der Waals surface area contributed by atoms with E-state index in [0.717, 1.165) is 6.54 Å². The molecular formula is C12H23N3. The molecule has 0 amide bonds. The molecule has 3 heteroatoms. The molecular weight excluding hydrogens is 186 g/mol. The van der Waals surface area contributed by atoms with Crippen molar-refractivity contribution >= 4 is 0 Å². The third-order valence-electron chi connectivity index (χ3n) is 3.37. The predicted molar refractivity (Wildman–Crippen MR) is 62.6 cm³/mol. The van der Waals surface area contributed by atoms with E-state index in [9.17, 15) is 0 Å². The van der Waals surface area contributed by atoms with E-state index in [4.69, 9.17) is 5.26 Å². The van der Waals surface area contributed by atoms with Gasteiger partial charge in [0.1, 0.15) is 0 Å². The highest BCUT2D eigenvalue weighted by Crippen LogP contribution is 2.14. The van der Waals surface area contributed by atoms with Crippen LogP contribution in [0.4, 0.5) is 0 Å². The standard InChI is InChI=1S/C12H23N3/c1-11(15(2)9-5-7-13)10-12-6-3-4-8-14-12/h11-12,14H,3-6,8-10H2,1-2H3. The molecule has 0 bridgehead atoms. The van der Waals surface area contributed by atoms with Gasteiger partial charge in [-0.15, -0.1) is 0 Å². The first-order valence-corrected chi connectivity index (χ1v) is 6.04. The SMILES string of the molecule is CC(CC1CCCCN1)N(C)CCC#N. The molecule has 0 aliphatic carbocycles. The van der Waals surface area contributed by atoms with E-state index in [1.165, 1.54) is 32.2 Å². The van der Waals surface area contributed by atoms with Crippen LogP contribution >= 0.6 is 0 Å². The first-order valence-electron chi connectivity index (χ1n) is 6.04. The van der Waals surface area contributed by atoms with Crippen molar-refractivity contribution in [3.63, 3.8) is 0 Å². The number of nitrogens with zero attached hydrogens (tertiary/aromatic N) is 2. The van der Waals surface area contributed by atoms with E-state index in [1.807, 2.05) is 0 Å². The molecule has 0 aromatic rings. The predicted octanol–water partition coefficient (Wildman–Crippen LogP) is 1.75. The normalized spacial score (nSPS) is 23.7. The minimum atomic E-state index is 0.578. The lowest BCUT2D eigenvalue weighted by molar-refractivity contribution is 0.220. The molecule has 0 radical (unpaired) electrons. The zero-order chi connectivity index (χ0) is 11.1. The largest absolute Gasteiger partial charge is 0.314 e. The second-order valence-electron chi connectivity index (χ2n) is 4.62. The maximum atomic E-state index is 8.53. The number of hydrogen-bond donors (Lipinski definition) is 1. The lowest BCUT2D eigenvalue weighted by Crippen LogP contribution is -2.40. The topological polar surface area (TPSA) is 39.1 Å². The molecule has 1 aliphatic heterocycles. The fourth-order valence-corrected chi connectivity index (χ4v) is 2.16. The van der Waals surface area contributed by atoms with Crippen molar-refractivity contribution < 1.29 is 0 Å². The van der Waals surface area contributed by atoms with Gasteiger partial charge in [0.2, 0.25) is 0 Å². The summed E-state index contributed by atoms with van der Waals surface area (Å²) in [7, 11) is 2.12. The van der Waals surface area contributed by atoms with Gasteiger partial charge in [-0.05, 0) is 39.8 Å². The van der Waals surface area contributed by atoms with Crippen molar-refractivity contribution in [1.82, 2.24) is 10.2 Å². The lowest BCUT2D eigenvalue weighted by atomic mass is 9.98. The summed E-state index contributed by atoms with van der Waals surface area (Å²) in [5.41, 5.74) is 0. The molecule has 1 fully saturated rings. The van der Waals surface area contributed by atoms with E-state index in [1.54, 1.807) is 0 Å². The van der Waals surface area contributed by atoms with E-state index in [-0.39, 0.29) is 0 Å². The van der Waals surface area contributed by atoms with Gasteiger partial charge in [0.05, 0.1) is 6.07 Å². The van der Waals surface area contributed by atoms with Crippen LogP contribution in [0.15, 0.2) is 0 Å². The Balaban J connectivity index is 2.21. The van der Waals surface area contributed by atoms with E-state index in [2.05, 4.69) is 30.3 Å². The zero-order valence-corrected chi connectivity index (χ0v) is 10.00. The van der Waals surface area contributed by atoms with Crippen LogP contribution in [0.3, 0.4) is 0 Å². The Labute approximate surface area is 93.5 Å². The molecule has 15 heavy (non-hydrogen) atoms. The zero-order valence-electron chi connectivity index (χ0n) is 10.00. The summed E-state index contributed by atoms with van der Waals surface area (Å²) in [6.45, 7) is 4.33. The van der Waals surface area contributed by atoms with Crippen LogP contribution in [0.25, 0.3) is 0 Å². The Morgan fingerprint density at radius 1 is 1.53 bits per heavy atom. The number of nitriles is 1. The molecule has 2 unspecified atom stereocenters. The Morgan fingerprint density at radius 3 is 2.93 bits per heavy atom. The van der Waals surface area contributed by atoms with Crippen LogP contribution < -0.4 is 5.32 Å². The molecule has 2 atom stereocenters. The van der Waals surface area contributed by atoms with Gasteiger partial charge >= 0.3 is 0 Å². The molecule has 1 heterocycles. The molecule has 3 nitrogen and oxygen atoms in total. The Kier molecular flexibility index (Phi) is 5.67. The highest BCUT2D eigenvalue weighted by Gasteiger charge is 2.17. The third-order valence-corrected chi connectivity index (χ3v) is 3.37. The van der Waals surface area contributed by atoms with Gasteiger partial charge in [0.25, 0.3) is 0 Å². The molecule has 1 aliphatic rings. The molecule has 1 N–H and O–H groups in total. The maximum absolute atomic E-state index is 8.53. The fraction of sp³-hybridized carbons (Fsp3) is 0.917. The van der Waals surface area contributed by atoms with Crippen LogP contribution in [-0.4, -0.2) is 37.1 Å². The van der Waals surface area contributed by atoms with Gasteiger partial charge < -0.3 is 10.2 Å². The third kappa shape index (κ3) is 4.63. The summed E-state index contributed by atoms with van der Waals surface area (Å²) in [4.78, 5) is 2.29. The van der Waals surface area contributed by atoms with Gasteiger partial charge in [0, 0.05) is 25.0 Å². The first kappa shape index (κ1) is 12.5. The first-order chi connectivity index (χ1) is 7.24. The lowest BCUT2D eigenvalue weighted by Gasteiger charge is -2.30. The van der Waals surface area contributed by atoms with Crippen molar-refractivity contribution in [2.45, 2.75) is 51.1 Å². The summed E-state index contributed by atoms with van der Waals surface area (Å²) < 4.78 is 0. The van der Waals surface area contributed by atoms with Gasteiger partial charge in [-0.1, -0.05) is 6.42 Å². The van der Waals surface area contributed by atoms with Crippen molar-refractivity contribution in [2.24, 2.45) is 0 Å². The molecule has 0 saturated carbocycles. The summed E-state index contributed by atoms with van der Waals surface area (Å²) in [6, 6.07) is 3.47. The molecule has 1 rings (SSSR count). The molecule has 0 aromatic heterocycles. The van der Waals surface area contributed by atoms with Crippen LogP contribution in [0.2, 0.25) is 0 Å². The van der Waals surface area contributed by atoms with Crippen LogP contribution in [-0.2, 0) is 0 Å². The number of rotatable bonds is 5. The fourth-order valence-electron chi connectivity index (χ4n) is 2.16. The Morgan fingerprint density at radius 2 is 2.33 bits per heavy atom. The van der Waals surface area contributed by atoms with Crippen molar-refractivity contribution in [3.8, 4) is 6.07 Å². The maximum Gasteiger partial charge on any atom is 0.0635 e. The second-order valence-corrected chi connectivity index (χ2v) is 4.62. The number of piperidine rings is 1. The Bertz CT molecular complexity index is 203. The van der Waals surface area contributed by atoms with E-state index < -0.39 is 0 Å². The van der Waals surface area contributed by atoms with Gasteiger partial charge in [-0.2, -0.15) is 5.26 Å². The van der Waals surface area contributed by atoms with Gasteiger partial charge in [-0.25, -0.2) is 0 Å². The Hall–Kier alpha value is -0.590. The molecule has 86 valence electrons. The van der Waals surface area contributed by atoms with E-state index in [0.29, 0.717) is 18.5 Å². The smallest absolute Gasteiger partial charge is 0.0635 e. The number of hydrogen-bond acceptors (Lipinski definition) is 3. The minimum absolute atomic E-state index is 0.578. The van der Waals surface area contributed by atoms with Crippen molar-refractivity contribution in [1.29, 1.82) is 5.26 Å². The summed E-state index contributed by atoms with van der Waals surface area (Å²) >= 11 is 0. The van der Waals surface area contributed by atoms with Gasteiger partial charge in [0.15, 0.2) is 0 Å². The van der Waals surface area contributed by atoms with E-state index >= 15 is 0 Å². The average Bonchev–Trinajstić information content (AvgIpc) is 2.27. The monoisotopic (exact) mass is 209 g/mol. The number of nitrogens with one attached hydrogen (secondary N) is 1. The highest BCUT2D eigenvalue weighted by molar-refractivity contribution is 4.79. The van der Waals surface area contributed by atoms with Crippen LogP contribution in [0.1, 0.15) is 39.0 Å². The molecule has 0 aromatic carbocycles. The molecule has 1 saturated heterocycles. The summed E-state index contributed by atoms with van der Waals surface area (Å²) in [6.07, 6.45) is 5.86. The van der Waals surface area contributed by atoms with Crippen LogP contribution in [0, 0.1) is 11.3 Å². The second kappa shape index (κ2) is 6.81. The van der Waals surface area contributed by atoms with Crippen LogP contribution in [0.5, 0.6) is 0 Å². The van der Waals surface area contributed by atoms with Gasteiger partial charge in [-0.3, -0.25) is 0 Å². The quantitative estimate of drug-likeness (QED) is 0.750. The minimum Gasteiger partial charge on any atom is -0.314 e. The average molecular weight is 209 g/mol. The summed E-state index contributed by atoms with van der Waals surface area (Å²) in [5, 5.41) is 12.1. The summed E-state index contributed by atoms with van der Waals surface area (Å²) in [5.74, 6) is 0.